The number of hydrogen-bond acceptors (Lipinski definition) is 5. The van der Waals surface area contributed by atoms with Crippen LogP contribution in [0.1, 0.15) is 25.1 Å². The zero-order chi connectivity index (χ0) is 13.4. The number of nitrogens with two attached hydrogens (primary N) is 1. The zero-order valence-electron chi connectivity index (χ0n) is 10.7. The molecular formula is C12H19N3O3. The van der Waals surface area contributed by atoms with Crippen LogP contribution in [0.25, 0.3) is 0 Å². The van der Waals surface area contributed by atoms with Crippen molar-refractivity contribution < 1.29 is 14.7 Å². The first-order valence-corrected chi connectivity index (χ1v) is 5.80. The maximum Gasteiger partial charge on any atom is 0.189 e. The Kier molecular flexibility index (Phi) is 6.10. The number of amidine groups is 1. The predicted octanol–water partition coefficient (Wildman–Crippen LogP) is 1.12. The summed E-state index contributed by atoms with van der Waals surface area (Å²) in [5.74, 6) is -0.0216. The van der Waals surface area contributed by atoms with Crippen molar-refractivity contribution in [2.75, 3.05) is 13.2 Å². The molecule has 6 nitrogen and oxygen atoms in total. The molecule has 18 heavy (non-hydrogen) atoms. The summed E-state index contributed by atoms with van der Waals surface area (Å²) in [6.07, 6.45) is 1.56. The Labute approximate surface area is 106 Å². The van der Waals surface area contributed by atoms with Gasteiger partial charge in [0, 0.05) is 18.4 Å². The Morgan fingerprint density at radius 2 is 2.39 bits per heavy atom. The normalized spacial score (nSPS) is 13.6. The molecule has 0 fully saturated rings. The van der Waals surface area contributed by atoms with Crippen LogP contribution in [-0.2, 0) is 16.1 Å². The van der Waals surface area contributed by atoms with Crippen LogP contribution in [0.2, 0.25) is 0 Å². The predicted molar refractivity (Wildman–Crippen MR) is 67.5 cm³/mol. The van der Waals surface area contributed by atoms with E-state index in [1.165, 1.54) is 0 Å². The Hall–Kier alpha value is -1.66. The molecule has 1 atom stereocenters. The summed E-state index contributed by atoms with van der Waals surface area (Å²) in [5, 5.41) is 11.6. The number of pyridine rings is 1. The number of rotatable bonds is 7. The summed E-state index contributed by atoms with van der Waals surface area (Å²) >= 11 is 0. The van der Waals surface area contributed by atoms with Gasteiger partial charge < -0.3 is 20.4 Å². The van der Waals surface area contributed by atoms with Gasteiger partial charge in [-0.25, -0.2) is 0 Å². The first-order chi connectivity index (χ1) is 8.69. The van der Waals surface area contributed by atoms with E-state index in [1.807, 2.05) is 19.9 Å². The van der Waals surface area contributed by atoms with E-state index in [0.717, 1.165) is 5.56 Å². The average molecular weight is 253 g/mol. The molecule has 0 aliphatic carbocycles. The molecule has 1 aromatic rings. The lowest BCUT2D eigenvalue weighted by Crippen LogP contribution is -2.20. The quantitative estimate of drug-likeness (QED) is 0.329. The highest BCUT2D eigenvalue weighted by Crippen LogP contribution is 2.08. The highest BCUT2D eigenvalue weighted by atomic mass is 16.5. The lowest BCUT2D eigenvalue weighted by molar-refractivity contribution is -0.0118. The van der Waals surface area contributed by atoms with E-state index in [9.17, 15) is 0 Å². The topological polar surface area (TPSA) is 90.0 Å². The van der Waals surface area contributed by atoms with E-state index < -0.39 is 0 Å². The van der Waals surface area contributed by atoms with E-state index in [4.69, 9.17) is 20.4 Å². The van der Waals surface area contributed by atoms with Crippen molar-refractivity contribution in [2.24, 2.45) is 10.9 Å². The molecule has 0 aliphatic rings. The van der Waals surface area contributed by atoms with Crippen LogP contribution in [0.5, 0.6) is 0 Å². The zero-order valence-corrected chi connectivity index (χ0v) is 10.7. The number of ether oxygens (including phenoxy) is 2. The second-order valence-electron chi connectivity index (χ2n) is 3.78. The smallest absolute Gasteiger partial charge is 0.189 e. The highest BCUT2D eigenvalue weighted by molar-refractivity contribution is 5.96. The van der Waals surface area contributed by atoms with Crippen LogP contribution >= 0.6 is 0 Å². The van der Waals surface area contributed by atoms with Gasteiger partial charge in [-0.15, -0.1) is 0 Å². The van der Waals surface area contributed by atoms with E-state index >= 15 is 0 Å². The van der Waals surface area contributed by atoms with Gasteiger partial charge in [-0.2, -0.15) is 0 Å². The van der Waals surface area contributed by atoms with Crippen LogP contribution in [0, 0.1) is 0 Å². The van der Waals surface area contributed by atoms with Crippen LogP contribution in [0.4, 0.5) is 0 Å². The lowest BCUT2D eigenvalue weighted by atomic mass is 10.2. The highest BCUT2D eigenvalue weighted by Gasteiger charge is 2.10. The summed E-state index contributed by atoms with van der Waals surface area (Å²) in [5.41, 5.74) is 6.75. The van der Waals surface area contributed by atoms with Crippen molar-refractivity contribution >= 4 is 5.84 Å². The Morgan fingerprint density at radius 3 is 3.06 bits per heavy atom. The van der Waals surface area contributed by atoms with Crippen LogP contribution in [0.3, 0.4) is 0 Å². The van der Waals surface area contributed by atoms with Crippen LogP contribution < -0.4 is 5.73 Å². The summed E-state index contributed by atoms with van der Waals surface area (Å²) < 4.78 is 10.9. The third-order valence-electron chi connectivity index (χ3n) is 2.32. The van der Waals surface area contributed by atoms with E-state index in [2.05, 4.69) is 10.1 Å². The third-order valence-corrected chi connectivity index (χ3v) is 2.32. The maximum absolute atomic E-state index is 8.67. The molecule has 0 saturated carbocycles. The van der Waals surface area contributed by atoms with Crippen LogP contribution in [0.15, 0.2) is 23.5 Å². The number of aromatic nitrogens is 1. The molecule has 0 spiro atoms. The molecule has 100 valence electrons. The first-order valence-electron chi connectivity index (χ1n) is 5.80. The molecule has 1 aromatic heterocycles. The van der Waals surface area contributed by atoms with Crippen molar-refractivity contribution in [3.8, 4) is 0 Å². The second kappa shape index (κ2) is 7.62. The summed E-state index contributed by atoms with van der Waals surface area (Å²) in [6.45, 7) is 5.40. The van der Waals surface area contributed by atoms with Gasteiger partial charge in [0.25, 0.3) is 0 Å². The molecular weight excluding hydrogens is 234 g/mol. The van der Waals surface area contributed by atoms with Gasteiger partial charge in [-0.05, 0) is 19.9 Å². The van der Waals surface area contributed by atoms with Crippen LogP contribution in [-0.4, -0.2) is 35.3 Å². The molecule has 1 heterocycles. The van der Waals surface area contributed by atoms with E-state index in [1.54, 1.807) is 12.3 Å². The first kappa shape index (κ1) is 14.4. The molecule has 0 aromatic carbocycles. The van der Waals surface area contributed by atoms with Gasteiger partial charge in [0.05, 0.1) is 19.3 Å². The molecule has 3 N–H and O–H groups in total. The SMILES string of the molecule is CCOCC(C)OCc1cccnc1/C(N)=N/O. The maximum atomic E-state index is 8.67. The Balaban J connectivity index is 2.62. The second-order valence-corrected chi connectivity index (χ2v) is 3.78. The van der Waals surface area contributed by atoms with Gasteiger partial charge in [-0.3, -0.25) is 4.98 Å². The standard InChI is InChI=1S/C12H19N3O3/c1-3-17-7-9(2)18-8-10-5-4-6-14-11(10)12(13)15-16/h4-6,9,16H,3,7-8H2,1-2H3,(H2,13,15). The van der Waals surface area contributed by atoms with Gasteiger partial charge in [-0.1, -0.05) is 11.2 Å². The molecule has 0 radical (unpaired) electrons. The molecule has 1 rings (SSSR count). The minimum absolute atomic E-state index is 0.0216. The monoisotopic (exact) mass is 253 g/mol. The van der Waals surface area contributed by atoms with Gasteiger partial charge in [0.1, 0.15) is 5.69 Å². The average Bonchev–Trinajstić information content (AvgIpc) is 2.42. The molecule has 0 aliphatic heterocycles. The Morgan fingerprint density at radius 1 is 1.61 bits per heavy atom. The van der Waals surface area contributed by atoms with E-state index in [-0.39, 0.29) is 11.9 Å². The molecule has 0 saturated heterocycles. The minimum Gasteiger partial charge on any atom is -0.409 e. The molecule has 0 amide bonds. The number of oxime groups is 1. The van der Waals surface area contributed by atoms with Crippen molar-refractivity contribution in [3.05, 3.63) is 29.6 Å². The summed E-state index contributed by atoms with van der Waals surface area (Å²) in [7, 11) is 0. The Bertz CT molecular complexity index is 396. The number of nitrogens with zero attached hydrogens (tertiary/aromatic N) is 2. The van der Waals surface area contributed by atoms with Crippen molar-refractivity contribution in [3.63, 3.8) is 0 Å². The fraction of sp³-hybridized carbons (Fsp3) is 0.500. The summed E-state index contributed by atoms with van der Waals surface area (Å²) in [6, 6.07) is 3.60. The fourth-order valence-electron chi connectivity index (χ4n) is 1.40. The van der Waals surface area contributed by atoms with Crippen molar-refractivity contribution in [2.45, 2.75) is 26.6 Å². The van der Waals surface area contributed by atoms with E-state index in [0.29, 0.717) is 25.5 Å². The third kappa shape index (κ3) is 4.31. The molecule has 1 unspecified atom stereocenters. The fourth-order valence-corrected chi connectivity index (χ4v) is 1.40. The van der Waals surface area contributed by atoms with Gasteiger partial charge >= 0.3 is 0 Å². The largest absolute Gasteiger partial charge is 0.409 e. The number of hydrogen-bond donors (Lipinski definition) is 2. The minimum atomic E-state index is -0.0229. The molecule has 6 heteroatoms. The molecule has 0 bridgehead atoms. The summed E-state index contributed by atoms with van der Waals surface area (Å²) in [4.78, 5) is 4.06. The van der Waals surface area contributed by atoms with Crippen molar-refractivity contribution in [1.82, 2.24) is 4.98 Å². The lowest BCUT2D eigenvalue weighted by Gasteiger charge is -2.14. The van der Waals surface area contributed by atoms with Gasteiger partial charge in [0.15, 0.2) is 5.84 Å². The van der Waals surface area contributed by atoms with Crippen molar-refractivity contribution in [1.29, 1.82) is 0 Å². The van der Waals surface area contributed by atoms with Gasteiger partial charge in [0.2, 0.25) is 0 Å².